The van der Waals surface area contributed by atoms with Crippen molar-refractivity contribution < 1.29 is 27.9 Å². The lowest BCUT2D eigenvalue weighted by Crippen LogP contribution is -2.44. The number of hydrogen-bond donors (Lipinski definition) is 4. The van der Waals surface area contributed by atoms with Gasteiger partial charge in [-0.05, 0) is 67.1 Å². The van der Waals surface area contributed by atoms with Crippen molar-refractivity contribution in [2.45, 2.75) is 29.2 Å². The van der Waals surface area contributed by atoms with Crippen LogP contribution in [0.15, 0.2) is 94.7 Å². The van der Waals surface area contributed by atoms with Gasteiger partial charge in [0.2, 0.25) is 9.84 Å². The van der Waals surface area contributed by atoms with Crippen molar-refractivity contribution in [1.82, 2.24) is 5.32 Å². The molecule has 13 heteroatoms. The maximum absolute atomic E-state index is 13.1. The van der Waals surface area contributed by atoms with E-state index in [9.17, 15) is 27.9 Å². The Labute approximate surface area is 262 Å². The predicted molar refractivity (Wildman–Crippen MR) is 166 cm³/mol. The molecule has 0 aliphatic carbocycles. The van der Waals surface area contributed by atoms with E-state index in [0.717, 1.165) is 5.56 Å². The van der Waals surface area contributed by atoms with E-state index in [1.54, 1.807) is 54.6 Å². The molecule has 0 spiro atoms. The number of carbonyl (C=O) groups is 3. The summed E-state index contributed by atoms with van der Waals surface area (Å²) in [5.74, 6) is -1.82. The molecule has 0 bridgehead atoms. The molecule has 0 aliphatic heterocycles. The number of urea groups is 1. The van der Waals surface area contributed by atoms with E-state index in [1.807, 2.05) is 6.92 Å². The number of anilines is 2. The van der Waals surface area contributed by atoms with Crippen molar-refractivity contribution in [1.29, 1.82) is 0 Å². The van der Waals surface area contributed by atoms with Crippen molar-refractivity contribution in [3.63, 3.8) is 0 Å². The van der Waals surface area contributed by atoms with E-state index >= 15 is 0 Å². The summed E-state index contributed by atoms with van der Waals surface area (Å²) in [5.41, 5.74) is 1.95. The number of benzene rings is 4. The van der Waals surface area contributed by atoms with Gasteiger partial charge < -0.3 is 21.1 Å². The van der Waals surface area contributed by atoms with Crippen LogP contribution in [0.5, 0.6) is 0 Å². The first-order valence-corrected chi connectivity index (χ1v) is 15.2. The minimum atomic E-state index is -3.90. The van der Waals surface area contributed by atoms with Crippen LogP contribution in [0.3, 0.4) is 0 Å². The maximum Gasteiger partial charge on any atom is 0.326 e. The Hall–Kier alpha value is -4.09. The van der Waals surface area contributed by atoms with Crippen LogP contribution in [0.25, 0.3) is 0 Å². The Morgan fingerprint density at radius 1 is 0.791 bits per heavy atom. The average Bonchev–Trinajstić information content (AvgIpc) is 2.95. The van der Waals surface area contributed by atoms with Gasteiger partial charge in [-0.25, -0.2) is 18.0 Å². The topological polar surface area (TPSA) is 142 Å². The number of rotatable bonds is 9. The first kappa shape index (κ1) is 31.8. The van der Waals surface area contributed by atoms with E-state index in [-0.39, 0.29) is 42.5 Å². The number of aliphatic carboxylic acids is 1. The minimum Gasteiger partial charge on any atom is -0.480 e. The maximum atomic E-state index is 13.1. The van der Waals surface area contributed by atoms with Crippen LogP contribution in [0.4, 0.5) is 16.2 Å². The third-order valence-corrected chi connectivity index (χ3v) is 9.00. The number of carbonyl (C=O) groups excluding carboxylic acids is 2. The van der Waals surface area contributed by atoms with Gasteiger partial charge in [-0.3, -0.25) is 4.79 Å². The zero-order valence-electron chi connectivity index (χ0n) is 22.4. The van der Waals surface area contributed by atoms with Gasteiger partial charge in [-0.15, -0.1) is 0 Å². The van der Waals surface area contributed by atoms with E-state index in [0.29, 0.717) is 11.3 Å². The first-order valence-electron chi connectivity index (χ1n) is 12.6. The molecule has 0 radical (unpaired) electrons. The van der Waals surface area contributed by atoms with Gasteiger partial charge in [0.05, 0.1) is 36.1 Å². The van der Waals surface area contributed by atoms with Crippen LogP contribution >= 0.6 is 34.8 Å². The monoisotopic (exact) mass is 659 g/mol. The summed E-state index contributed by atoms with van der Waals surface area (Å²) in [6.07, 6.45) is -0.0943. The normalized spacial score (nSPS) is 11.8. The molecule has 4 rings (SSSR count). The van der Waals surface area contributed by atoms with Gasteiger partial charge >= 0.3 is 12.0 Å². The minimum absolute atomic E-state index is 0.0183. The molecule has 4 aromatic rings. The third-order valence-electron chi connectivity index (χ3n) is 6.27. The lowest BCUT2D eigenvalue weighted by atomic mass is 10.1. The average molecular weight is 661 g/mol. The number of aryl methyl sites for hydroxylation is 1. The summed E-state index contributed by atoms with van der Waals surface area (Å²) in [5, 5.41) is 17.6. The van der Waals surface area contributed by atoms with Gasteiger partial charge in [0.25, 0.3) is 5.91 Å². The number of nitrogens with one attached hydrogen (secondary N) is 3. The van der Waals surface area contributed by atoms with Crippen molar-refractivity contribution in [2.24, 2.45) is 0 Å². The molecule has 222 valence electrons. The predicted octanol–water partition coefficient (Wildman–Crippen LogP) is 6.86. The zero-order valence-corrected chi connectivity index (χ0v) is 25.5. The number of carboxylic acid groups (broad SMARTS) is 1. The van der Waals surface area contributed by atoms with Gasteiger partial charge in [0, 0.05) is 12.1 Å². The number of amides is 3. The first-order chi connectivity index (χ1) is 20.3. The molecular formula is C30H24Cl3N3O6S. The van der Waals surface area contributed by atoms with E-state index < -0.39 is 33.8 Å². The molecule has 3 amide bonds. The quantitative estimate of drug-likeness (QED) is 0.155. The number of carboxylic acids is 1. The lowest BCUT2D eigenvalue weighted by Gasteiger charge is -2.17. The molecule has 0 heterocycles. The van der Waals surface area contributed by atoms with Crippen molar-refractivity contribution in [2.75, 3.05) is 10.6 Å². The highest BCUT2D eigenvalue weighted by atomic mass is 35.5. The Morgan fingerprint density at radius 2 is 1.40 bits per heavy atom. The fourth-order valence-corrected chi connectivity index (χ4v) is 6.03. The van der Waals surface area contributed by atoms with E-state index in [1.165, 1.54) is 30.3 Å². The van der Waals surface area contributed by atoms with E-state index in [4.69, 9.17) is 34.8 Å². The molecule has 4 N–H and O–H groups in total. The van der Waals surface area contributed by atoms with Crippen molar-refractivity contribution in [3.8, 4) is 0 Å². The van der Waals surface area contributed by atoms with Crippen LogP contribution in [-0.4, -0.2) is 37.5 Å². The molecule has 4 aromatic carbocycles. The van der Waals surface area contributed by atoms with Gasteiger partial charge in [0.1, 0.15) is 6.04 Å². The summed E-state index contributed by atoms with van der Waals surface area (Å²) in [6, 6.07) is 18.9. The Kier molecular flexibility index (Phi) is 9.98. The number of halogens is 3. The molecule has 1 atom stereocenters. The lowest BCUT2D eigenvalue weighted by molar-refractivity contribution is -0.139. The molecule has 0 fully saturated rings. The SMILES string of the molecule is Cc1ccc(S(=O)(=O)c2ccc(Cl)c(NC(=O)N[C@@H](Cc3ccc(NC(=O)c4c(Cl)cccc4Cl)cc3)C(=O)O)c2)cc1. The molecular weight excluding hydrogens is 637 g/mol. The largest absolute Gasteiger partial charge is 0.480 e. The Bertz CT molecular complexity index is 1780. The highest BCUT2D eigenvalue weighted by molar-refractivity contribution is 7.91. The molecule has 43 heavy (non-hydrogen) atoms. The number of hydrogen-bond acceptors (Lipinski definition) is 5. The zero-order chi connectivity index (χ0) is 31.3. The molecule has 0 aromatic heterocycles. The van der Waals surface area contributed by atoms with Crippen LogP contribution < -0.4 is 16.0 Å². The van der Waals surface area contributed by atoms with Gasteiger partial charge in [-0.1, -0.05) is 70.7 Å². The number of sulfone groups is 1. The fourth-order valence-electron chi connectivity index (χ4n) is 4.01. The third kappa shape index (κ3) is 7.85. The molecule has 9 nitrogen and oxygen atoms in total. The molecule has 0 unspecified atom stereocenters. The van der Waals surface area contributed by atoms with Gasteiger partial charge in [-0.2, -0.15) is 0 Å². The smallest absolute Gasteiger partial charge is 0.326 e. The van der Waals surface area contributed by atoms with Crippen molar-refractivity contribution in [3.05, 3.63) is 117 Å². The highest BCUT2D eigenvalue weighted by Crippen LogP contribution is 2.29. The Morgan fingerprint density at radius 3 is 2.00 bits per heavy atom. The van der Waals surface area contributed by atoms with Crippen LogP contribution in [0.1, 0.15) is 21.5 Å². The summed E-state index contributed by atoms with van der Waals surface area (Å²) in [6.45, 7) is 1.83. The standard InChI is InChI=1S/C30H24Cl3N3O6S/c1-17-5-11-20(12-6-17)43(41,42)21-13-14-22(31)25(16-21)35-30(40)36-26(29(38)39)15-18-7-9-19(10-8-18)34-28(37)27-23(32)3-2-4-24(27)33/h2-14,16,26H,15H2,1H3,(H,34,37)(H,38,39)(H2,35,36,40)/t26-/m0/s1. The van der Waals surface area contributed by atoms with Gasteiger partial charge in [0.15, 0.2) is 0 Å². The summed E-state index contributed by atoms with van der Waals surface area (Å²) in [4.78, 5) is 37.2. The van der Waals surface area contributed by atoms with Crippen LogP contribution in [-0.2, 0) is 21.1 Å². The second-order valence-corrected chi connectivity index (χ2v) is 12.6. The van der Waals surface area contributed by atoms with E-state index in [2.05, 4.69) is 16.0 Å². The summed E-state index contributed by atoms with van der Waals surface area (Å²) in [7, 11) is -3.90. The van der Waals surface area contributed by atoms with Crippen LogP contribution in [0.2, 0.25) is 15.1 Å². The molecule has 0 saturated carbocycles. The summed E-state index contributed by atoms with van der Waals surface area (Å²) < 4.78 is 26.1. The second kappa shape index (κ2) is 13.5. The van der Waals surface area contributed by atoms with Crippen LogP contribution in [0, 0.1) is 6.92 Å². The Balaban J connectivity index is 1.42. The fraction of sp³-hybridized carbons (Fsp3) is 0.100. The highest BCUT2D eigenvalue weighted by Gasteiger charge is 2.23. The van der Waals surface area contributed by atoms with Crippen molar-refractivity contribution >= 4 is 73.9 Å². The molecule has 0 aliphatic rings. The second-order valence-electron chi connectivity index (χ2n) is 9.40. The molecule has 0 saturated heterocycles. The summed E-state index contributed by atoms with van der Waals surface area (Å²) >= 11 is 18.4.